The fourth-order valence-corrected chi connectivity index (χ4v) is 3.54. The zero-order chi connectivity index (χ0) is 24.5. The van der Waals surface area contributed by atoms with Crippen LogP contribution >= 0.6 is 0 Å². The lowest BCUT2D eigenvalue weighted by Gasteiger charge is -2.35. The van der Waals surface area contributed by atoms with E-state index in [9.17, 15) is 44.7 Å². The van der Waals surface area contributed by atoms with Crippen LogP contribution in [0.25, 0.3) is 10.8 Å². The van der Waals surface area contributed by atoms with Crippen molar-refractivity contribution in [3.63, 3.8) is 0 Å². The molecule has 0 spiro atoms. The van der Waals surface area contributed by atoms with Crippen molar-refractivity contribution in [2.24, 2.45) is 0 Å². The molecule has 0 bridgehead atoms. The van der Waals surface area contributed by atoms with Crippen molar-refractivity contribution < 1.29 is 58.7 Å². The number of aliphatic hydroxyl groups excluding tert-OH is 1. The minimum atomic E-state index is -6.49. The average Bonchev–Trinajstić information content (AvgIpc) is 2.64. The first-order valence-electron chi connectivity index (χ1n) is 8.33. The maximum atomic E-state index is 13.4. The smallest absolute Gasteiger partial charge is 0.438 e. The third kappa shape index (κ3) is 5.14. The van der Waals surface area contributed by atoms with E-state index in [1.807, 2.05) is 0 Å². The van der Waals surface area contributed by atoms with E-state index in [0.29, 0.717) is 5.39 Å². The summed E-state index contributed by atoms with van der Waals surface area (Å²) >= 11 is 0. The van der Waals surface area contributed by atoms with Crippen LogP contribution in [0.5, 0.6) is 5.75 Å². The number of ether oxygens (including phenoxy) is 2. The van der Waals surface area contributed by atoms with Gasteiger partial charge in [-0.3, -0.25) is 4.55 Å². The fourth-order valence-electron chi connectivity index (χ4n) is 2.64. The molecule has 2 aromatic carbocycles. The lowest BCUT2D eigenvalue weighted by atomic mass is 10.0. The fraction of sp³-hybridized carbons (Fsp3) is 0.278. The molecule has 14 heteroatoms. The van der Waals surface area contributed by atoms with E-state index in [2.05, 4.69) is 11.3 Å². The Morgan fingerprint density at radius 1 is 1.06 bits per heavy atom. The van der Waals surface area contributed by atoms with E-state index >= 15 is 0 Å². The van der Waals surface area contributed by atoms with Crippen molar-refractivity contribution in [3.8, 4) is 5.75 Å². The molecule has 176 valence electrons. The van der Waals surface area contributed by atoms with E-state index in [-0.39, 0.29) is 5.39 Å². The van der Waals surface area contributed by atoms with Crippen LogP contribution in [-0.4, -0.2) is 54.0 Å². The van der Waals surface area contributed by atoms with Gasteiger partial charge >= 0.3 is 23.9 Å². The van der Waals surface area contributed by atoms with E-state index in [0.717, 1.165) is 18.2 Å². The van der Waals surface area contributed by atoms with Crippen molar-refractivity contribution in [1.29, 1.82) is 0 Å². The highest BCUT2D eigenvalue weighted by atomic mass is 32.2. The summed E-state index contributed by atoms with van der Waals surface area (Å²) in [6.07, 6.45) is -14.0. The summed E-state index contributed by atoms with van der Waals surface area (Å²) in [5.74, 6) is -5.96. The quantitative estimate of drug-likeness (QED) is 0.201. The predicted octanol–water partition coefficient (Wildman–Crippen LogP) is 3.63. The number of alkyl halides is 6. The molecule has 0 aliphatic carbocycles. The third-order valence-corrected chi connectivity index (χ3v) is 4.88. The minimum absolute atomic E-state index is 0.00208. The molecule has 2 aromatic rings. The van der Waals surface area contributed by atoms with Crippen molar-refractivity contribution in [2.75, 3.05) is 5.75 Å². The molecule has 0 heterocycles. The summed E-state index contributed by atoms with van der Waals surface area (Å²) in [7, 11) is -5.95. The van der Waals surface area contributed by atoms with E-state index in [1.54, 1.807) is 0 Å². The number of fused-ring (bicyclic) bond motifs is 1. The van der Waals surface area contributed by atoms with Gasteiger partial charge in [0, 0.05) is 5.39 Å². The predicted molar refractivity (Wildman–Crippen MR) is 97.5 cm³/mol. The summed E-state index contributed by atoms with van der Waals surface area (Å²) in [5, 5.41) is 9.98. The van der Waals surface area contributed by atoms with Gasteiger partial charge in [-0.1, -0.05) is 36.9 Å². The van der Waals surface area contributed by atoms with Crippen LogP contribution in [0.1, 0.15) is 10.4 Å². The maximum absolute atomic E-state index is 13.4. The van der Waals surface area contributed by atoms with Crippen LogP contribution in [0.15, 0.2) is 49.1 Å². The Labute approximate surface area is 176 Å². The number of carbonyl (C=O) groups is 1. The zero-order valence-corrected chi connectivity index (χ0v) is 16.5. The van der Waals surface area contributed by atoms with E-state index in [1.165, 1.54) is 24.3 Å². The minimum Gasteiger partial charge on any atom is -0.460 e. The van der Waals surface area contributed by atoms with Gasteiger partial charge in [-0.2, -0.15) is 34.8 Å². The van der Waals surface area contributed by atoms with Crippen molar-refractivity contribution >= 4 is 26.9 Å². The molecule has 0 aromatic heterocycles. The van der Waals surface area contributed by atoms with Gasteiger partial charge < -0.3 is 14.6 Å². The molecule has 32 heavy (non-hydrogen) atoms. The highest BCUT2D eigenvalue weighted by Gasteiger charge is 2.76. The topological polar surface area (TPSA) is 110 Å². The summed E-state index contributed by atoms with van der Waals surface area (Å²) in [5.41, 5.74) is -6.58. The first-order valence-corrected chi connectivity index (χ1v) is 9.94. The molecule has 0 fully saturated rings. The molecule has 2 N–H and O–H groups in total. The molecule has 0 aliphatic heterocycles. The van der Waals surface area contributed by atoms with Gasteiger partial charge in [-0.05, 0) is 17.5 Å². The molecule has 0 aliphatic rings. The van der Waals surface area contributed by atoms with Gasteiger partial charge in [0.15, 0.2) is 0 Å². The number of esters is 1. The second-order valence-electron chi connectivity index (χ2n) is 6.35. The monoisotopic (exact) mass is 488 g/mol. The van der Waals surface area contributed by atoms with Crippen molar-refractivity contribution in [3.05, 3.63) is 54.6 Å². The molecule has 0 saturated heterocycles. The zero-order valence-electron chi connectivity index (χ0n) is 15.6. The molecule has 0 amide bonds. The maximum Gasteiger partial charge on any atom is 0.438 e. The molecule has 0 saturated carbocycles. The molecule has 2 rings (SSSR count). The molecule has 7 nitrogen and oxygen atoms in total. The molecular formula is C18H14F6O7S. The van der Waals surface area contributed by atoms with Crippen LogP contribution in [-0.2, 0) is 14.9 Å². The van der Waals surface area contributed by atoms with Crippen molar-refractivity contribution in [1.82, 2.24) is 0 Å². The first-order chi connectivity index (χ1) is 14.5. The van der Waals surface area contributed by atoms with Crippen molar-refractivity contribution in [2.45, 2.75) is 24.2 Å². The Hall–Kier alpha value is -2.84. The van der Waals surface area contributed by atoms with Crippen LogP contribution in [0, 0.1) is 0 Å². The van der Waals surface area contributed by atoms with Crippen LogP contribution < -0.4 is 4.74 Å². The SMILES string of the molecule is C=C[C@H](O)Oc1c(C(=O)OC(CS(=O)(=O)O)(C(F)(F)F)C(F)(F)F)ccc2ccccc12. The van der Waals surface area contributed by atoms with Gasteiger partial charge in [-0.15, -0.1) is 0 Å². The van der Waals surface area contributed by atoms with Gasteiger partial charge in [0.2, 0.25) is 6.29 Å². The van der Waals surface area contributed by atoms with Gasteiger partial charge in [0.05, 0.1) is 0 Å². The molecule has 1 atom stereocenters. The summed E-state index contributed by atoms with van der Waals surface area (Å²) in [4.78, 5) is 12.5. The first kappa shape index (κ1) is 25.4. The number of hydrogen-bond acceptors (Lipinski definition) is 6. The molecule has 0 radical (unpaired) electrons. The lowest BCUT2D eigenvalue weighted by molar-refractivity contribution is -0.356. The third-order valence-electron chi connectivity index (χ3n) is 4.11. The Morgan fingerprint density at radius 2 is 1.62 bits per heavy atom. The van der Waals surface area contributed by atoms with Gasteiger partial charge in [-0.25, -0.2) is 4.79 Å². The van der Waals surface area contributed by atoms with Crippen LogP contribution in [0.4, 0.5) is 26.3 Å². The lowest BCUT2D eigenvalue weighted by Crippen LogP contribution is -2.63. The number of benzene rings is 2. The highest BCUT2D eigenvalue weighted by Crippen LogP contribution is 2.47. The molecular weight excluding hydrogens is 474 g/mol. The normalized spacial score (nSPS) is 14.1. The Morgan fingerprint density at radius 3 is 2.12 bits per heavy atom. The molecule has 0 unspecified atom stereocenters. The largest absolute Gasteiger partial charge is 0.460 e. The summed E-state index contributed by atoms with van der Waals surface area (Å²) < 4.78 is 120. The highest BCUT2D eigenvalue weighted by molar-refractivity contribution is 7.85. The van der Waals surface area contributed by atoms with E-state index < -0.39 is 57.4 Å². The Balaban J connectivity index is 2.71. The van der Waals surface area contributed by atoms with Crippen LogP contribution in [0.3, 0.4) is 0 Å². The number of carbonyl (C=O) groups excluding carboxylic acids is 1. The number of aliphatic hydroxyl groups is 1. The summed E-state index contributed by atoms with van der Waals surface area (Å²) in [6.45, 7) is 3.19. The number of hydrogen-bond donors (Lipinski definition) is 2. The standard InChI is InChI=1S/C18H14F6O7S/c1-2-13(25)30-14-11-6-4-3-5-10(11)7-8-12(14)15(26)31-16(17(19,20)21,18(22,23)24)9-32(27,28)29/h2-8,13,25H,1,9H2,(H,27,28,29)/t13-/m1/s1. The van der Waals surface area contributed by atoms with Gasteiger partial charge in [0.1, 0.15) is 17.1 Å². The Bertz CT molecular complexity index is 1110. The second kappa shape index (κ2) is 8.60. The van der Waals surface area contributed by atoms with Gasteiger partial charge in [0.25, 0.3) is 10.1 Å². The average molecular weight is 488 g/mol. The van der Waals surface area contributed by atoms with E-state index in [4.69, 9.17) is 9.29 Å². The Kier molecular flexibility index (Phi) is 6.83. The summed E-state index contributed by atoms with van der Waals surface area (Å²) in [6, 6.07) is 7.59. The second-order valence-corrected chi connectivity index (χ2v) is 7.80. The number of rotatable bonds is 7. The number of halogens is 6. The van der Waals surface area contributed by atoms with Crippen LogP contribution in [0.2, 0.25) is 0 Å².